The normalized spacial score (nSPS) is 20.5. The van der Waals surface area contributed by atoms with E-state index in [1.165, 1.54) is 6.07 Å². The predicted octanol–water partition coefficient (Wildman–Crippen LogP) is 1.05. The van der Waals surface area contributed by atoms with Gasteiger partial charge >= 0.3 is 0 Å². The SMILES string of the molecule is CC1CCc2cc(S(N)(=O)=O)ccc2O1. The first kappa shape index (κ1) is 10.4. The van der Waals surface area contributed by atoms with Crippen LogP contribution in [0.3, 0.4) is 0 Å². The van der Waals surface area contributed by atoms with Crippen LogP contribution in [0.4, 0.5) is 0 Å². The number of fused-ring (bicyclic) bond motifs is 1. The number of rotatable bonds is 1. The second-order valence-electron chi connectivity index (χ2n) is 3.78. The minimum atomic E-state index is -3.61. The van der Waals surface area contributed by atoms with E-state index in [0.29, 0.717) is 0 Å². The van der Waals surface area contributed by atoms with Gasteiger partial charge in [-0.3, -0.25) is 0 Å². The molecule has 2 N–H and O–H groups in total. The van der Waals surface area contributed by atoms with Crippen molar-refractivity contribution in [1.29, 1.82) is 0 Å². The lowest BCUT2D eigenvalue weighted by Crippen LogP contribution is -2.20. The summed E-state index contributed by atoms with van der Waals surface area (Å²) >= 11 is 0. The zero-order chi connectivity index (χ0) is 11.1. The highest BCUT2D eigenvalue weighted by Crippen LogP contribution is 2.29. The Hall–Kier alpha value is -1.07. The molecule has 1 unspecified atom stereocenters. The van der Waals surface area contributed by atoms with Crippen LogP contribution >= 0.6 is 0 Å². The van der Waals surface area contributed by atoms with Crippen molar-refractivity contribution in [3.05, 3.63) is 23.8 Å². The molecule has 2 rings (SSSR count). The summed E-state index contributed by atoms with van der Waals surface area (Å²) in [7, 11) is -3.61. The second-order valence-corrected chi connectivity index (χ2v) is 5.34. The van der Waals surface area contributed by atoms with E-state index in [2.05, 4.69) is 0 Å². The highest BCUT2D eigenvalue weighted by atomic mass is 32.2. The van der Waals surface area contributed by atoms with Gasteiger partial charge in [0, 0.05) is 0 Å². The van der Waals surface area contributed by atoms with Crippen LogP contribution in [-0.2, 0) is 16.4 Å². The van der Waals surface area contributed by atoms with Gasteiger partial charge in [0.15, 0.2) is 0 Å². The highest BCUT2D eigenvalue weighted by Gasteiger charge is 2.18. The molecule has 0 spiro atoms. The van der Waals surface area contributed by atoms with Crippen LogP contribution < -0.4 is 9.88 Å². The van der Waals surface area contributed by atoms with E-state index >= 15 is 0 Å². The van der Waals surface area contributed by atoms with E-state index in [1.54, 1.807) is 12.1 Å². The number of aryl methyl sites for hydroxylation is 1. The smallest absolute Gasteiger partial charge is 0.238 e. The Morgan fingerprint density at radius 1 is 1.47 bits per heavy atom. The van der Waals surface area contributed by atoms with E-state index in [1.807, 2.05) is 6.92 Å². The quantitative estimate of drug-likeness (QED) is 0.779. The maximum absolute atomic E-state index is 11.1. The molecule has 1 aliphatic rings. The molecule has 15 heavy (non-hydrogen) atoms. The topological polar surface area (TPSA) is 69.4 Å². The molecule has 5 heteroatoms. The zero-order valence-corrected chi connectivity index (χ0v) is 9.25. The largest absolute Gasteiger partial charge is 0.490 e. The maximum atomic E-state index is 11.1. The molecule has 0 bridgehead atoms. The van der Waals surface area contributed by atoms with Gasteiger partial charge in [-0.1, -0.05) is 0 Å². The highest BCUT2D eigenvalue weighted by molar-refractivity contribution is 7.89. The average Bonchev–Trinajstić information content (AvgIpc) is 2.15. The molecular formula is C10H13NO3S. The molecule has 0 radical (unpaired) electrons. The minimum absolute atomic E-state index is 0.152. The first-order valence-corrected chi connectivity index (χ1v) is 6.34. The summed E-state index contributed by atoms with van der Waals surface area (Å²) < 4.78 is 27.8. The summed E-state index contributed by atoms with van der Waals surface area (Å²) in [6.07, 6.45) is 1.93. The Kier molecular flexibility index (Phi) is 2.44. The molecule has 82 valence electrons. The van der Waals surface area contributed by atoms with E-state index in [-0.39, 0.29) is 11.0 Å². The molecule has 0 saturated carbocycles. The third-order valence-corrected chi connectivity index (χ3v) is 3.42. The van der Waals surface area contributed by atoms with Crippen LogP contribution in [-0.4, -0.2) is 14.5 Å². The third-order valence-electron chi connectivity index (χ3n) is 2.51. The molecule has 1 heterocycles. The number of sulfonamides is 1. The molecule has 0 aliphatic carbocycles. The molecule has 0 amide bonds. The maximum Gasteiger partial charge on any atom is 0.238 e. The van der Waals surface area contributed by atoms with E-state index in [9.17, 15) is 8.42 Å². The van der Waals surface area contributed by atoms with E-state index in [0.717, 1.165) is 24.2 Å². The summed E-state index contributed by atoms with van der Waals surface area (Å²) in [6.45, 7) is 2.00. The third kappa shape index (κ3) is 2.13. The Morgan fingerprint density at radius 2 is 2.20 bits per heavy atom. The van der Waals surface area contributed by atoms with Gasteiger partial charge in [-0.15, -0.1) is 0 Å². The van der Waals surface area contributed by atoms with Crippen molar-refractivity contribution in [3.8, 4) is 5.75 Å². The van der Waals surface area contributed by atoms with Gasteiger partial charge in [0.1, 0.15) is 5.75 Å². The molecule has 1 atom stereocenters. The molecule has 0 fully saturated rings. The molecule has 0 aromatic heterocycles. The Bertz CT molecular complexity index is 481. The standard InChI is InChI=1S/C10H13NO3S/c1-7-2-3-8-6-9(15(11,12)13)4-5-10(8)14-7/h4-7H,2-3H2,1H3,(H2,11,12,13). The lowest BCUT2D eigenvalue weighted by atomic mass is 10.0. The van der Waals surface area contributed by atoms with E-state index < -0.39 is 10.0 Å². The van der Waals surface area contributed by atoms with Crippen LogP contribution in [0.2, 0.25) is 0 Å². The van der Waals surface area contributed by atoms with Gasteiger partial charge in [0.2, 0.25) is 10.0 Å². The Balaban J connectivity index is 2.44. The van der Waals surface area contributed by atoms with Gasteiger partial charge < -0.3 is 4.74 Å². The van der Waals surface area contributed by atoms with Crippen molar-refractivity contribution < 1.29 is 13.2 Å². The number of hydrogen-bond acceptors (Lipinski definition) is 3. The fourth-order valence-corrected chi connectivity index (χ4v) is 2.24. The number of ether oxygens (including phenoxy) is 1. The summed E-state index contributed by atoms with van der Waals surface area (Å²) in [5.74, 6) is 0.765. The van der Waals surface area contributed by atoms with Gasteiger partial charge in [-0.05, 0) is 43.5 Å². The molecular weight excluding hydrogens is 214 g/mol. The molecule has 0 saturated heterocycles. The molecule has 1 aromatic carbocycles. The number of benzene rings is 1. The van der Waals surface area contributed by atoms with Crippen molar-refractivity contribution >= 4 is 10.0 Å². The fourth-order valence-electron chi connectivity index (χ4n) is 1.68. The molecule has 1 aliphatic heterocycles. The molecule has 4 nitrogen and oxygen atoms in total. The van der Waals surface area contributed by atoms with Crippen LogP contribution in [0.5, 0.6) is 5.75 Å². The second kappa shape index (κ2) is 3.50. The van der Waals surface area contributed by atoms with Crippen molar-refractivity contribution in [1.82, 2.24) is 0 Å². The van der Waals surface area contributed by atoms with Crippen LogP contribution in [0.1, 0.15) is 18.9 Å². The van der Waals surface area contributed by atoms with Gasteiger partial charge in [-0.2, -0.15) is 0 Å². The van der Waals surface area contributed by atoms with Crippen molar-refractivity contribution in [2.45, 2.75) is 30.8 Å². The summed E-state index contributed by atoms with van der Waals surface area (Å²) in [6, 6.07) is 4.74. The Morgan fingerprint density at radius 3 is 2.87 bits per heavy atom. The summed E-state index contributed by atoms with van der Waals surface area (Å²) in [4.78, 5) is 0.152. The first-order valence-electron chi connectivity index (χ1n) is 4.79. The van der Waals surface area contributed by atoms with Crippen molar-refractivity contribution in [3.63, 3.8) is 0 Å². The monoisotopic (exact) mass is 227 g/mol. The first-order chi connectivity index (χ1) is 6.97. The zero-order valence-electron chi connectivity index (χ0n) is 8.43. The van der Waals surface area contributed by atoms with Gasteiger partial charge in [0.25, 0.3) is 0 Å². The summed E-state index contributed by atoms with van der Waals surface area (Å²) in [5, 5.41) is 5.05. The van der Waals surface area contributed by atoms with Gasteiger partial charge in [-0.25, -0.2) is 13.6 Å². The number of nitrogens with two attached hydrogens (primary N) is 1. The fraction of sp³-hybridized carbons (Fsp3) is 0.400. The molecule has 1 aromatic rings. The van der Waals surface area contributed by atoms with Crippen LogP contribution in [0.15, 0.2) is 23.1 Å². The number of primary sulfonamides is 1. The van der Waals surface area contributed by atoms with Gasteiger partial charge in [0.05, 0.1) is 11.0 Å². The van der Waals surface area contributed by atoms with Crippen molar-refractivity contribution in [2.24, 2.45) is 5.14 Å². The van der Waals surface area contributed by atoms with Crippen LogP contribution in [0.25, 0.3) is 0 Å². The average molecular weight is 227 g/mol. The summed E-state index contributed by atoms with van der Waals surface area (Å²) in [5.41, 5.74) is 0.916. The number of hydrogen-bond donors (Lipinski definition) is 1. The lowest BCUT2D eigenvalue weighted by Gasteiger charge is -2.23. The van der Waals surface area contributed by atoms with Crippen LogP contribution in [0, 0.1) is 0 Å². The predicted molar refractivity (Wildman–Crippen MR) is 56.2 cm³/mol. The minimum Gasteiger partial charge on any atom is -0.490 e. The van der Waals surface area contributed by atoms with Crippen molar-refractivity contribution in [2.75, 3.05) is 0 Å². The van der Waals surface area contributed by atoms with E-state index in [4.69, 9.17) is 9.88 Å². The Labute approximate surface area is 89.1 Å². The lowest BCUT2D eigenvalue weighted by molar-refractivity contribution is 0.192.